The number of aliphatic carboxylic acids is 1. The number of nitrogens with one attached hydrogen (secondary N) is 2. The second kappa shape index (κ2) is 14.9. The average molecular weight is 722 g/mol. The molecule has 51 heavy (non-hydrogen) atoms. The van der Waals surface area contributed by atoms with Crippen molar-refractivity contribution in [1.29, 1.82) is 0 Å². The lowest BCUT2D eigenvalue weighted by atomic mass is 9.94. The Balaban J connectivity index is 1.29. The lowest BCUT2D eigenvalue weighted by Gasteiger charge is -2.33. The van der Waals surface area contributed by atoms with Crippen molar-refractivity contribution in [3.05, 3.63) is 98.6 Å². The summed E-state index contributed by atoms with van der Waals surface area (Å²) in [6.07, 6.45) is 1.09. The molecular formula is C38H39ClF3N5O4. The fourth-order valence-corrected chi connectivity index (χ4v) is 7.27. The third kappa shape index (κ3) is 7.53. The molecule has 3 heterocycles. The summed E-state index contributed by atoms with van der Waals surface area (Å²) in [6.45, 7) is 3.77. The normalized spacial score (nSPS) is 16.6. The van der Waals surface area contributed by atoms with E-state index in [1.54, 1.807) is 39.8 Å². The Morgan fingerprint density at radius 2 is 1.86 bits per heavy atom. The molecule has 2 aliphatic rings. The van der Waals surface area contributed by atoms with Gasteiger partial charge in [-0.25, -0.2) is 4.98 Å². The number of hydrogen-bond donors (Lipinski definition) is 3. The van der Waals surface area contributed by atoms with Crippen LogP contribution in [-0.4, -0.2) is 57.7 Å². The number of ether oxygens (including phenoxy) is 1. The standard InChI is InChI=1S/C38H39ClF3N5O4/c1-22-23(13-14-24-19-33(51-3)25(18-28(24)38(40,41)42)21-47-17-5-4-12-32(47)37(49)50)8-6-9-26(22)27-10-7-11-29(34(27)39)45-36(48)35-44-30-20-43-16-15-31(30)46(35)2/h6-11,13-14,18-19,32,43H,4-5,12,15-17,20-21H2,1-3H3,(H,45,48)(H,49,50)/b14-13+/t32-/m0/s1. The van der Waals surface area contributed by atoms with Crippen LogP contribution in [0.25, 0.3) is 23.3 Å². The zero-order valence-electron chi connectivity index (χ0n) is 28.5. The Bertz CT molecular complexity index is 2010. The first-order chi connectivity index (χ1) is 24.4. The van der Waals surface area contributed by atoms with E-state index in [4.69, 9.17) is 16.3 Å². The van der Waals surface area contributed by atoms with E-state index in [1.807, 2.05) is 26.1 Å². The van der Waals surface area contributed by atoms with Crippen molar-refractivity contribution in [3.63, 3.8) is 0 Å². The van der Waals surface area contributed by atoms with E-state index in [0.717, 1.165) is 54.4 Å². The van der Waals surface area contributed by atoms with Gasteiger partial charge in [0.1, 0.15) is 11.8 Å². The molecule has 0 radical (unpaired) electrons. The minimum atomic E-state index is -4.67. The Labute approximate surface area is 299 Å². The first-order valence-electron chi connectivity index (χ1n) is 16.8. The number of carboxylic acid groups (broad SMARTS) is 1. The number of fused-ring (bicyclic) bond motifs is 1. The van der Waals surface area contributed by atoms with Crippen molar-refractivity contribution in [1.82, 2.24) is 19.8 Å². The number of benzene rings is 3. The highest BCUT2D eigenvalue weighted by Crippen LogP contribution is 2.39. The second-order valence-corrected chi connectivity index (χ2v) is 13.2. The number of methoxy groups -OCH3 is 1. The van der Waals surface area contributed by atoms with E-state index in [9.17, 15) is 27.9 Å². The summed E-state index contributed by atoms with van der Waals surface area (Å²) >= 11 is 6.88. The van der Waals surface area contributed by atoms with E-state index < -0.39 is 23.8 Å². The molecule has 1 atom stereocenters. The number of hydrogen-bond acceptors (Lipinski definition) is 6. The summed E-state index contributed by atoms with van der Waals surface area (Å²) in [5, 5.41) is 16.2. The topological polar surface area (TPSA) is 109 Å². The summed E-state index contributed by atoms with van der Waals surface area (Å²) in [5.41, 5.74) is 4.43. The number of anilines is 1. The van der Waals surface area contributed by atoms with Gasteiger partial charge in [0.15, 0.2) is 5.82 Å². The molecule has 0 bridgehead atoms. The number of carbonyl (C=O) groups excluding carboxylic acids is 1. The van der Waals surface area contributed by atoms with Crippen LogP contribution >= 0.6 is 11.6 Å². The molecule has 0 aliphatic carbocycles. The molecule has 0 saturated carbocycles. The highest BCUT2D eigenvalue weighted by Gasteiger charge is 2.35. The van der Waals surface area contributed by atoms with E-state index in [1.165, 1.54) is 19.3 Å². The summed E-state index contributed by atoms with van der Waals surface area (Å²) in [4.78, 5) is 31.4. The van der Waals surface area contributed by atoms with Gasteiger partial charge in [-0.2, -0.15) is 13.2 Å². The third-order valence-corrected chi connectivity index (χ3v) is 10.1. The summed E-state index contributed by atoms with van der Waals surface area (Å²) in [5.74, 6) is -0.845. The number of carboxylic acids is 1. The van der Waals surface area contributed by atoms with E-state index in [-0.39, 0.29) is 35.2 Å². The number of likely N-dealkylation sites (tertiary alicyclic amines) is 1. The molecule has 1 aromatic heterocycles. The molecule has 3 aromatic carbocycles. The van der Waals surface area contributed by atoms with E-state index >= 15 is 0 Å². The van der Waals surface area contributed by atoms with Gasteiger partial charge < -0.3 is 25.0 Å². The number of imidazole rings is 1. The average Bonchev–Trinajstić information content (AvgIpc) is 3.45. The quantitative estimate of drug-likeness (QED) is 0.153. The Morgan fingerprint density at radius 1 is 1.12 bits per heavy atom. The van der Waals surface area contributed by atoms with Gasteiger partial charge >= 0.3 is 12.1 Å². The van der Waals surface area contributed by atoms with Gasteiger partial charge in [0.05, 0.1) is 29.1 Å². The van der Waals surface area contributed by atoms with Crippen LogP contribution in [0.15, 0.2) is 48.5 Å². The first-order valence-corrected chi connectivity index (χ1v) is 17.1. The molecule has 13 heteroatoms. The van der Waals surface area contributed by atoms with Gasteiger partial charge in [0, 0.05) is 49.9 Å². The second-order valence-electron chi connectivity index (χ2n) is 12.9. The predicted molar refractivity (Wildman–Crippen MR) is 191 cm³/mol. The van der Waals surface area contributed by atoms with Crippen LogP contribution in [0.3, 0.4) is 0 Å². The number of rotatable bonds is 9. The Hall–Kier alpha value is -4.65. The molecule has 0 unspecified atom stereocenters. The monoisotopic (exact) mass is 721 g/mol. The van der Waals surface area contributed by atoms with Gasteiger partial charge in [-0.3, -0.25) is 14.5 Å². The highest BCUT2D eigenvalue weighted by atomic mass is 35.5. The maximum absolute atomic E-state index is 14.5. The molecule has 1 saturated heterocycles. The molecule has 0 spiro atoms. The van der Waals surface area contributed by atoms with Crippen LogP contribution in [0.4, 0.5) is 18.9 Å². The molecule has 268 valence electrons. The minimum absolute atomic E-state index is 0.0237. The van der Waals surface area contributed by atoms with Crippen molar-refractivity contribution >= 4 is 41.3 Å². The van der Waals surface area contributed by atoms with Gasteiger partial charge in [-0.15, -0.1) is 0 Å². The number of amides is 1. The van der Waals surface area contributed by atoms with Crippen LogP contribution in [0.5, 0.6) is 5.75 Å². The van der Waals surface area contributed by atoms with Crippen LogP contribution < -0.4 is 15.4 Å². The molecule has 6 rings (SSSR count). The van der Waals surface area contributed by atoms with E-state index in [2.05, 4.69) is 15.6 Å². The molecule has 1 amide bonds. The van der Waals surface area contributed by atoms with Crippen molar-refractivity contribution in [3.8, 4) is 16.9 Å². The number of piperidine rings is 1. The molecule has 4 aromatic rings. The number of halogens is 4. The fraction of sp³-hybridized carbons (Fsp3) is 0.342. The van der Waals surface area contributed by atoms with Crippen molar-refractivity contribution in [2.75, 3.05) is 25.5 Å². The number of alkyl halides is 3. The Morgan fingerprint density at radius 3 is 2.59 bits per heavy atom. The van der Waals surface area contributed by atoms with Gasteiger partial charge in [0.25, 0.3) is 5.91 Å². The minimum Gasteiger partial charge on any atom is -0.496 e. The molecular weight excluding hydrogens is 683 g/mol. The fourth-order valence-electron chi connectivity index (χ4n) is 7.00. The first kappa shape index (κ1) is 36.2. The molecule has 1 fully saturated rings. The largest absolute Gasteiger partial charge is 0.496 e. The van der Waals surface area contributed by atoms with Gasteiger partial charge in [0.2, 0.25) is 0 Å². The summed E-state index contributed by atoms with van der Waals surface area (Å²) in [6, 6.07) is 12.4. The highest BCUT2D eigenvalue weighted by molar-refractivity contribution is 6.36. The van der Waals surface area contributed by atoms with Gasteiger partial charge in [-0.1, -0.05) is 60.5 Å². The lowest BCUT2D eigenvalue weighted by Crippen LogP contribution is -2.44. The zero-order valence-corrected chi connectivity index (χ0v) is 29.3. The van der Waals surface area contributed by atoms with Crippen LogP contribution in [-0.2, 0) is 37.5 Å². The van der Waals surface area contributed by atoms with Crippen LogP contribution in [0.1, 0.15) is 69.1 Å². The third-order valence-electron chi connectivity index (χ3n) is 9.72. The van der Waals surface area contributed by atoms with E-state index in [0.29, 0.717) is 41.3 Å². The van der Waals surface area contributed by atoms with Crippen molar-refractivity contribution in [2.45, 2.75) is 57.9 Å². The number of aromatic nitrogens is 2. The smallest absolute Gasteiger partial charge is 0.417 e. The van der Waals surface area contributed by atoms with Crippen LogP contribution in [0.2, 0.25) is 5.02 Å². The molecule has 2 aliphatic heterocycles. The lowest BCUT2D eigenvalue weighted by molar-refractivity contribution is -0.145. The van der Waals surface area contributed by atoms with Crippen molar-refractivity contribution in [2.24, 2.45) is 7.05 Å². The SMILES string of the molecule is COc1cc(/C=C/c2cccc(-c3cccc(NC(=O)c4nc5c(n4C)CCNC5)c3Cl)c2C)c(C(F)(F)F)cc1CN1CCCC[C@H]1C(=O)O. The molecule has 3 N–H and O–H groups in total. The predicted octanol–water partition coefficient (Wildman–Crippen LogP) is 7.58. The maximum Gasteiger partial charge on any atom is 0.417 e. The summed E-state index contributed by atoms with van der Waals surface area (Å²) < 4.78 is 50.7. The van der Waals surface area contributed by atoms with Crippen LogP contribution in [0, 0.1) is 6.92 Å². The summed E-state index contributed by atoms with van der Waals surface area (Å²) in [7, 11) is 3.21. The van der Waals surface area contributed by atoms with Crippen molar-refractivity contribution < 1.29 is 32.6 Å². The Kier molecular flexibility index (Phi) is 10.6. The number of carbonyl (C=O) groups is 2. The van der Waals surface area contributed by atoms with Gasteiger partial charge in [-0.05, 0) is 66.8 Å². The maximum atomic E-state index is 14.5. The zero-order chi connectivity index (χ0) is 36.4. The number of nitrogens with zero attached hydrogens (tertiary/aromatic N) is 3. The molecule has 9 nitrogen and oxygen atoms in total.